The highest BCUT2D eigenvalue weighted by Gasteiger charge is 2.40. The number of hydrogen-bond donors (Lipinski definition) is 0. The SMILES string of the molecule is CC(C)[C@@H](C=O)N(C(=O)CCCCCN1C(=O)C=CC1=O)N1C(=O)CCC1=O. The Hall–Kier alpha value is -2.84. The predicted octanol–water partition coefficient (Wildman–Crippen LogP) is 0.588. The van der Waals surface area contributed by atoms with Crippen molar-refractivity contribution in [1.29, 1.82) is 0 Å². The van der Waals surface area contributed by atoms with E-state index in [0.717, 1.165) is 14.9 Å². The molecule has 2 aliphatic heterocycles. The zero-order valence-electron chi connectivity index (χ0n) is 16.1. The Morgan fingerprint density at radius 2 is 1.61 bits per heavy atom. The van der Waals surface area contributed by atoms with Gasteiger partial charge in [-0.15, -0.1) is 0 Å². The number of carbonyl (C=O) groups is 6. The molecule has 0 aromatic rings. The predicted molar refractivity (Wildman–Crippen MR) is 97.0 cm³/mol. The Bertz CT molecular complexity index is 680. The second-order valence-corrected chi connectivity index (χ2v) is 7.18. The van der Waals surface area contributed by atoms with Crippen LogP contribution in [-0.2, 0) is 28.8 Å². The normalized spacial score (nSPS) is 17.8. The maximum absolute atomic E-state index is 12.7. The van der Waals surface area contributed by atoms with E-state index < -0.39 is 23.8 Å². The highest BCUT2D eigenvalue weighted by Crippen LogP contribution is 2.22. The first kappa shape index (κ1) is 21.5. The first-order chi connectivity index (χ1) is 13.3. The molecule has 2 rings (SSSR count). The molecule has 1 fully saturated rings. The minimum atomic E-state index is -0.899. The molecule has 0 aliphatic carbocycles. The highest BCUT2D eigenvalue weighted by atomic mass is 16.2. The Morgan fingerprint density at radius 1 is 1.04 bits per heavy atom. The number of hydrogen-bond acceptors (Lipinski definition) is 6. The second kappa shape index (κ2) is 9.38. The monoisotopic (exact) mass is 391 g/mol. The number of aldehydes is 1. The van der Waals surface area contributed by atoms with Gasteiger partial charge in [-0.2, -0.15) is 5.01 Å². The summed E-state index contributed by atoms with van der Waals surface area (Å²) < 4.78 is 0. The summed E-state index contributed by atoms with van der Waals surface area (Å²) in [6, 6.07) is -0.899. The Kier molecular flexibility index (Phi) is 7.19. The molecule has 0 radical (unpaired) electrons. The molecule has 5 amide bonds. The Labute approximate surface area is 163 Å². The van der Waals surface area contributed by atoms with E-state index in [1.807, 2.05) is 0 Å². The fourth-order valence-corrected chi connectivity index (χ4v) is 3.20. The molecule has 1 saturated heterocycles. The molecular weight excluding hydrogens is 366 g/mol. The first-order valence-corrected chi connectivity index (χ1v) is 9.44. The molecule has 152 valence electrons. The number of rotatable bonds is 10. The number of unbranched alkanes of at least 4 members (excludes halogenated alkanes) is 2. The molecule has 28 heavy (non-hydrogen) atoms. The molecule has 9 heteroatoms. The second-order valence-electron chi connectivity index (χ2n) is 7.18. The summed E-state index contributed by atoms with van der Waals surface area (Å²) in [5.41, 5.74) is 0. The van der Waals surface area contributed by atoms with Gasteiger partial charge in [0.1, 0.15) is 12.3 Å². The van der Waals surface area contributed by atoms with Gasteiger partial charge in [0.2, 0.25) is 17.7 Å². The summed E-state index contributed by atoms with van der Waals surface area (Å²) in [5, 5.41) is 1.82. The van der Waals surface area contributed by atoms with E-state index in [4.69, 9.17) is 0 Å². The van der Waals surface area contributed by atoms with Gasteiger partial charge < -0.3 is 4.79 Å². The van der Waals surface area contributed by atoms with Crippen LogP contribution in [-0.4, -0.2) is 63.3 Å². The summed E-state index contributed by atoms with van der Waals surface area (Å²) in [4.78, 5) is 72.5. The van der Waals surface area contributed by atoms with E-state index in [-0.39, 0.29) is 43.5 Å². The molecule has 0 bridgehead atoms. The van der Waals surface area contributed by atoms with E-state index in [1.54, 1.807) is 13.8 Å². The summed E-state index contributed by atoms with van der Waals surface area (Å²) in [5.74, 6) is -2.38. The fraction of sp³-hybridized carbons (Fsp3) is 0.579. The van der Waals surface area contributed by atoms with Gasteiger partial charge in [-0.05, 0) is 18.8 Å². The van der Waals surface area contributed by atoms with Crippen LogP contribution in [0.1, 0.15) is 52.4 Å². The van der Waals surface area contributed by atoms with Crippen LogP contribution in [0.25, 0.3) is 0 Å². The summed E-state index contributed by atoms with van der Waals surface area (Å²) in [6.07, 6.45) is 4.68. The van der Waals surface area contributed by atoms with Crippen molar-refractivity contribution in [1.82, 2.24) is 14.9 Å². The standard InChI is InChI=1S/C19H25N3O6/c1-13(2)14(12-23)21(22-18(27)9-10-19(22)28)17(26)6-4-3-5-11-20-15(24)7-8-16(20)25/h7-8,12-14H,3-6,9-11H2,1-2H3/t14-/m1/s1. The van der Waals surface area contributed by atoms with Crippen LogP contribution in [0.3, 0.4) is 0 Å². The average molecular weight is 391 g/mol. The maximum Gasteiger partial charge on any atom is 0.253 e. The van der Waals surface area contributed by atoms with Gasteiger partial charge in [-0.25, -0.2) is 5.01 Å². The van der Waals surface area contributed by atoms with Gasteiger partial charge in [0.25, 0.3) is 11.8 Å². The van der Waals surface area contributed by atoms with Crippen molar-refractivity contribution in [2.24, 2.45) is 5.92 Å². The molecule has 0 spiro atoms. The summed E-state index contributed by atoms with van der Waals surface area (Å²) in [6.45, 7) is 3.75. The lowest BCUT2D eigenvalue weighted by Crippen LogP contribution is -2.56. The third kappa shape index (κ3) is 4.71. The third-order valence-corrected chi connectivity index (χ3v) is 4.77. The number of imide groups is 2. The Morgan fingerprint density at radius 3 is 2.11 bits per heavy atom. The molecule has 0 saturated carbocycles. The molecule has 2 heterocycles. The molecular formula is C19H25N3O6. The van der Waals surface area contributed by atoms with Crippen molar-refractivity contribution in [2.75, 3.05) is 6.54 Å². The first-order valence-electron chi connectivity index (χ1n) is 9.44. The lowest BCUT2D eigenvalue weighted by atomic mass is 10.0. The number of carbonyl (C=O) groups excluding carboxylic acids is 6. The van der Waals surface area contributed by atoms with Gasteiger partial charge in [-0.1, -0.05) is 20.3 Å². The van der Waals surface area contributed by atoms with Crippen molar-refractivity contribution in [3.63, 3.8) is 0 Å². The molecule has 0 aromatic carbocycles. The van der Waals surface area contributed by atoms with Crippen molar-refractivity contribution in [3.8, 4) is 0 Å². The minimum Gasteiger partial charge on any atom is -0.301 e. The molecule has 1 atom stereocenters. The van der Waals surface area contributed by atoms with E-state index in [9.17, 15) is 28.8 Å². The highest BCUT2D eigenvalue weighted by molar-refractivity contribution is 6.12. The smallest absolute Gasteiger partial charge is 0.253 e. The van der Waals surface area contributed by atoms with Crippen LogP contribution in [0, 0.1) is 5.92 Å². The molecule has 0 unspecified atom stereocenters. The number of nitrogens with zero attached hydrogens (tertiary/aromatic N) is 3. The van der Waals surface area contributed by atoms with Crippen LogP contribution in [0.2, 0.25) is 0 Å². The largest absolute Gasteiger partial charge is 0.301 e. The Balaban J connectivity index is 1.92. The van der Waals surface area contributed by atoms with E-state index >= 15 is 0 Å². The lowest BCUT2D eigenvalue weighted by Gasteiger charge is -2.36. The van der Waals surface area contributed by atoms with Crippen molar-refractivity contribution >= 4 is 35.8 Å². The minimum absolute atomic E-state index is 0.0260. The maximum atomic E-state index is 12.7. The third-order valence-electron chi connectivity index (χ3n) is 4.77. The van der Waals surface area contributed by atoms with Gasteiger partial charge in [0.05, 0.1) is 0 Å². The number of amides is 5. The van der Waals surface area contributed by atoms with Crippen LogP contribution >= 0.6 is 0 Å². The molecule has 2 aliphatic rings. The summed E-state index contributed by atoms with van der Waals surface area (Å²) in [7, 11) is 0. The average Bonchev–Trinajstić information content (AvgIpc) is 3.14. The lowest BCUT2D eigenvalue weighted by molar-refractivity contribution is -0.175. The van der Waals surface area contributed by atoms with E-state index in [0.29, 0.717) is 25.5 Å². The van der Waals surface area contributed by atoms with Crippen molar-refractivity contribution < 1.29 is 28.8 Å². The quantitative estimate of drug-likeness (QED) is 0.306. The summed E-state index contributed by atoms with van der Waals surface area (Å²) >= 11 is 0. The van der Waals surface area contributed by atoms with Gasteiger partial charge in [-0.3, -0.25) is 28.9 Å². The van der Waals surface area contributed by atoms with Crippen LogP contribution < -0.4 is 0 Å². The number of hydrazine groups is 1. The van der Waals surface area contributed by atoms with Crippen molar-refractivity contribution in [2.45, 2.75) is 58.4 Å². The molecule has 9 nitrogen and oxygen atoms in total. The van der Waals surface area contributed by atoms with E-state index in [2.05, 4.69) is 0 Å². The van der Waals surface area contributed by atoms with E-state index in [1.165, 1.54) is 12.2 Å². The van der Waals surface area contributed by atoms with Gasteiger partial charge >= 0.3 is 0 Å². The van der Waals surface area contributed by atoms with Crippen LogP contribution in [0.5, 0.6) is 0 Å². The molecule has 0 aromatic heterocycles. The fourth-order valence-electron chi connectivity index (χ4n) is 3.20. The zero-order valence-corrected chi connectivity index (χ0v) is 16.1. The van der Waals surface area contributed by atoms with Crippen LogP contribution in [0.4, 0.5) is 0 Å². The van der Waals surface area contributed by atoms with Gasteiger partial charge in [0, 0.05) is 38.0 Å². The van der Waals surface area contributed by atoms with Gasteiger partial charge in [0.15, 0.2) is 0 Å². The van der Waals surface area contributed by atoms with Crippen molar-refractivity contribution in [3.05, 3.63) is 12.2 Å². The molecule has 0 N–H and O–H groups in total. The van der Waals surface area contributed by atoms with Crippen LogP contribution in [0.15, 0.2) is 12.2 Å². The topological polar surface area (TPSA) is 112 Å². The zero-order chi connectivity index (χ0) is 20.8.